The Kier molecular flexibility index (Phi) is 7.24. The quantitative estimate of drug-likeness (QED) is 0.440. The molecule has 0 atom stereocenters. The van der Waals surface area contributed by atoms with Gasteiger partial charge in [-0.15, -0.1) is 0 Å². The first kappa shape index (κ1) is 22.1. The van der Waals surface area contributed by atoms with Gasteiger partial charge in [-0.1, -0.05) is 19.3 Å². The van der Waals surface area contributed by atoms with E-state index in [1.165, 1.54) is 6.42 Å². The molecule has 1 saturated carbocycles. The summed E-state index contributed by atoms with van der Waals surface area (Å²) in [5.41, 5.74) is 1.85. The maximum absolute atomic E-state index is 12.8. The van der Waals surface area contributed by atoms with Gasteiger partial charge in [0.05, 0.1) is 18.8 Å². The topological polar surface area (TPSA) is 101 Å². The molecule has 1 aromatic carbocycles. The lowest BCUT2D eigenvalue weighted by Gasteiger charge is -2.34. The first-order valence-corrected chi connectivity index (χ1v) is 11.4. The van der Waals surface area contributed by atoms with Crippen molar-refractivity contribution in [1.29, 1.82) is 0 Å². The molecule has 172 valence electrons. The first-order chi connectivity index (χ1) is 15.6. The molecule has 2 fully saturated rings. The van der Waals surface area contributed by atoms with Crippen LogP contribution in [-0.2, 0) is 25.7 Å². The summed E-state index contributed by atoms with van der Waals surface area (Å²) in [5.74, 6) is 1.39. The molecule has 0 spiro atoms. The van der Waals surface area contributed by atoms with Crippen molar-refractivity contribution in [3.8, 4) is 5.75 Å². The highest BCUT2D eigenvalue weighted by Crippen LogP contribution is 2.30. The summed E-state index contributed by atoms with van der Waals surface area (Å²) in [6.07, 6.45) is 6.53. The number of ether oxygens (including phenoxy) is 2. The number of carbonyl (C=O) groups is 3. The molecule has 2 aliphatic heterocycles. The summed E-state index contributed by atoms with van der Waals surface area (Å²) in [4.78, 5) is 43.2. The van der Waals surface area contributed by atoms with Crippen LogP contribution in [0, 0.1) is 0 Å². The molecule has 9 nitrogen and oxygen atoms in total. The van der Waals surface area contributed by atoms with E-state index in [-0.39, 0.29) is 24.5 Å². The van der Waals surface area contributed by atoms with Gasteiger partial charge in [0.15, 0.2) is 0 Å². The number of fused-ring (bicyclic) bond motifs is 2. The number of guanidine groups is 1. The van der Waals surface area contributed by atoms with Crippen LogP contribution in [0.25, 0.3) is 0 Å². The normalized spacial score (nSPS) is 17.7. The molecule has 1 saturated heterocycles. The maximum atomic E-state index is 12.8. The molecule has 1 aliphatic carbocycles. The highest BCUT2D eigenvalue weighted by molar-refractivity contribution is 6.05. The third-order valence-corrected chi connectivity index (χ3v) is 6.18. The monoisotopic (exact) mass is 442 g/mol. The van der Waals surface area contributed by atoms with Crippen molar-refractivity contribution in [1.82, 2.24) is 15.1 Å². The lowest BCUT2D eigenvalue weighted by atomic mass is 9.94. The van der Waals surface area contributed by atoms with Crippen LogP contribution in [0.4, 0.5) is 5.69 Å². The van der Waals surface area contributed by atoms with E-state index in [9.17, 15) is 14.4 Å². The molecule has 0 bridgehead atoms. The first-order valence-electron chi connectivity index (χ1n) is 11.4. The molecule has 0 unspecified atom stereocenters. The van der Waals surface area contributed by atoms with Crippen molar-refractivity contribution in [2.45, 2.75) is 57.5 Å². The molecular formula is C23H30N4O5. The molecule has 9 heteroatoms. The van der Waals surface area contributed by atoms with Gasteiger partial charge in [-0.3, -0.25) is 19.7 Å². The van der Waals surface area contributed by atoms with Crippen molar-refractivity contribution in [2.75, 3.05) is 26.3 Å². The molecule has 3 aliphatic rings. The molecule has 0 radical (unpaired) electrons. The van der Waals surface area contributed by atoms with Crippen LogP contribution in [0.5, 0.6) is 5.75 Å². The Morgan fingerprint density at radius 2 is 2.06 bits per heavy atom. The lowest BCUT2D eigenvalue weighted by Crippen LogP contribution is -2.43. The van der Waals surface area contributed by atoms with E-state index in [1.54, 1.807) is 0 Å². The van der Waals surface area contributed by atoms with Gasteiger partial charge < -0.3 is 19.3 Å². The molecule has 2 amide bonds. The molecule has 2 heterocycles. The average molecular weight is 443 g/mol. The fourth-order valence-electron chi connectivity index (χ4n) is 4.59. The highest BCUT2D eigenvalue weighted by atomic mass is 16.5. The van der Waals surface area contributed by atoms with E-state index in [2.05, 4.69) is 10.3 Å². The molecule has 32 heavy (non-hydrogen) atoms. The van der Waals surface area contributed by atoms with Crippen LogP contribution in [0.1, 0.15) is 50.5 Å². The molecule has 1 N–H and O–H groups in total. The minimum Gasteiger partial charge on any atom is -0.494 e. The largest absolute Gasteiger partial charge is 0.494 e. The maximum Gasteiger partial charge on any atom is 0.293 e. The second kappa shape index (κ2) is 10.5. The van der Waals surface area contributed by atoms with Gasteiger partial charge in [0, 0.05) is 24.6 Å². The van der Waals surface area contributed by atoms with Gasteiger partial charge in [0.1, 0.15) is 18.9 Å². The fourth-order valence-corrected chi connectivity index (χ4v) is 4.59. The third-order valence-electron chi connectivity index (χ3n) is 6.18. The van der Waals surface area contributed by atoms with E-state index in [0.29, 0.717) is 51.5 Å². The second-order valence-electron chi connectivity index (χ2n) is 8.43. The Balaban J connectivity index is 1.26. The van der Waals surface area contributed by atoms with Crippen molar-refractivity contribution in [3.63, 3.8) is 0 Å². The van der Waals surface area contributed by atoms with Crippen LogP contribution in [0.15, 0.2) is 23.2 Å². The smallest absolute Gasteiger partial charge is 0.293 e. The summed E-state index contributed by atoms with van der Waals surface area (Å²) in [7, 11) is 0. The van der Waals surface area contributed by atoms with Crippen LogP contribution in [0.2, 0.25) is 0 Å². The second-order valence-corrected chi connectivity index (χ2v) is 8.43. The fraction of sp³-hybridized carbons (Fsp3) is 0.565. The molecule has 0 aromatic heterocycles. The van der Waals surface area contributed by atoms with Crippen molar-refractivity contribution in [3.05, 3.63) is 23.8 Å². The Labute approximate surface area is 187 Å². The number of carbonyl (C=O) groups excluding carboxylic acids is 3. The average Bonchev–Trinajstić information content (AvgIpc) is 3.17. The molecule has 1 aromatic rings. The summed E-state index contributed by atoms with van der Waals surface area (Å²) in [5, 5.41) is 2.76. The number of aliphatic imine (C=N–C) groups is 1. The minimum atomic E-state index is -0.0438. The van der Waals surface area contributed by atoms with Gasteiger partial charge in [-0.25, -0.2) is 4.99 Å². The number of nitrogens with one attached hydrogen (secondary N) is 1. The van der Waals surface area contributed by atoms with E-state index < -0.39 is 0 Å². The Morgan fingerprint density at radius 1 is 1.22 bits per heavy atom. The summed E-state index contributed by atoms with van der Waals surface area (Å²) in [6.45, 7) is 2.49. The van der Waals surface area contributed by atoms with Gasteiger partial charge in [0.2, 0.25) is 17.8 Å². The van der Waals surface area contributed by atoms with E-state index in [4.69, 9.17) is 9.47 Å². The summed E-state index contributed by atoms with van der Waals surface area (Å²) in [6, 6.07) is 5.95. The van der Waals surface area contributed by atoms with Gasteiger partial charge in [-0.2, -0.15) is 0 Å². The zero-order valence-corrected chi connectivity index (χ0v) is 18.3. The van der Waals surface area contributed by atoms with Crippen LogP contribution in [-0.4, -0.2) is 66.4 Å². The zero-order valence-electron chi connectivity index (χ0n) is 18.3. The van der Waals surface area contributed by atoms with Crippen molar-refractivity contribution < 1.29 is 23.9 Å². The third kappa shape index (κ3) is 5.38. The highest BCUT2D eigenvalue weighted by Gasteiger charge is 2.29. The van der Waals surface area contributed by atoms with E-state index >= 15 is 0 Å². The Hall–Kier alpha value is -3.10. The van der Waals surface area contributed by atoms with Crippen molar-refractivity contribution in [2.24, 2.45) is 4.99 Å². The van der Waals surface area contributed by atoms with E-state index in [0.717, 1.165) is 42.7 Å². The van der Waals surface area contributed by atoms with Gasteiger partial charge in [-0.05, 0) is 37.5 Å². The van der Waals surface area contributed by atoms with Crippen molar-refractivity contribution >= 4 is 29.9 Å². The standard InChI is InChI=1S/C23H30N4O5/c28-16-31-12-10-27(18-5-2-1-3-6-18)22(30)7-4-11-32-19-8-9-20-17(13-19)14-26-15-21(29)25-23(26)24-20/h8-9,13,16,18H,1-7,10-12,14-15H2,(H,24,25,29). The number of benzene rings is 1. The van der Waals surface area contributed by atoms with E-state index in [1.807, 2.05) is 28.0 Å². The van der Waals surface area contributed by atoms with Crippen LogP contribution < -0.4 is 10.1 Å². The predicted octanol–water partition coefficient (Wildman–Crippen LogP) is 2.11. The number of rotatable bonds is 10. The Bertz CT molecular complexity index is 881. The Morgan fingerprint density at radius 3 is 2.88 bits per heavy atom. The minimum absolute atomic E-state index is 0.0438. The van der Waals surface area contributed by atoms with Crippen LogP contribution in [0.3, 0.4) is 0 Å². The lowest BCUT2D eigenvalue weighted by molar-refractivity contribution is -0.138. The van der Waals surface area contributed by atoms with Gasteiger partial charge in [0.25, 0.3) is 6.47 Å². The zero-order chi connectivity index (χ0) is 22.3. The number of nitrogens with zero attached hydrogens (tertiary/aromatic N) is 3. The van der Waals surface area contributed by atoms with Gasteiger partial charge >= 0.3 is 0 Å². The molecule has 4 rings (SSSR count). The number of amides is 2. The summed E-state index contributed by atoms with van der Waals surface area (Å²) >= 11 is 0. The number of hydrogen-bond donors (Lipinski definition) is 1. The SMILES string of the molecule is O=COCCN(C(=O)CCCOc1ccc2c(c1)CN1CC(=O)NC1=N2)C1CCCCC1. The van der Waals surface area contributed by atoms with Crippen LogP contribution >= 0.6 is 0 Å². The number of hydrogen-bond acceptors (Lipinski definition) is 7. The predicted molar refractivity (Wildman–Crippen MR) is 117 cm³/mol. The molecular weight excluding hydrogens is 412 g/mol. The summed E-state index contributed by atoms with van der Waals surface area (Å²) < 4.78 is 10.7.